The summed E-state index contributed by atoms with van der Waals surface area (Å²) in [5, 5.41) is 10.1. The Balaban J connectivity index is 2.43. The maximum absolute atomic E-state index is 5.89. The van der Waals surface area contributed by atoms with Gasteiger partial charge in [0.05, 0.1) is 0 Å². The zero-order valence-electron chi connectivity index (χ0n) is 10.1. The lowest BCUT2D eigenvalue weighted by Gasteiger charge is -2.06. The number of benzene rings is 1. The number of halogens is 1. The molecule has 0 atom stereocenters. The summed E-state index contributed by atoms with van der Waals surface area (Å²) < 4.78 is 2.06. The van der Waals surface area contributed by atoms with Crippen LogP contribution < -0.4 is 0 Å². The maximum Gasteiger partial charge on any atom is 0.191 e. The zero-order valence-corrected chi connectivity index (χ0v) is 11.7. The molecule has 0 spiro atoms. The number of hydrogen-bond donors (Lipinski definition) is 0. The van der Waals surface area contributed by atoms with Crippen molar-refractivity contribution < 1.29 is 0 Å². The highest BCUT2D eigenvalue weighted by atomic mass is 35.5. The summed E-state index contributed by atoms with van der Waals surface area (Å²) in [4.78, 5) is 0. The van der Waals surface area contributed by atoms with E-state index in [1.165, 1.54) is 0 Å². The number of hydrogen-bond acceptors (Lipinski definition) is 3. The van der Waals surface area contributed by atoms with E-state index in [9.17, 15) is 0 Å². The van der Waals surface area contributed by atoms with Crippen molar-refractivity contribution >= 4 is 23.4 Å². The van der Waals surface area contributed by atoms with Crippen LogP contribution in [0.3, 0.4) is 0 Å². The molecule has 1 heterocycles. The van der Waals surface area contributed by atoms with Crippen LogP contribution in [0.5, 0.6) is 0 Å². The summed E-state index contributed by atoms with van der Waals surface area (Å²) in [5.41, 5.74) is 1.01. The Hall–Kier alpha value is -1.26. The third-order valence-electron chi connectivity index (χ3n) is 2.40. The van der Waals surface area contributed by atoms with E-state index in [0.29, 0.717) is 6.54 Å². The molecule has 3 nitrogen and oxygen atoms in total. The minimum absolute atomic E-state index is 0.702. The highest BCUT2D eigenvalue weighted by Crippen LogP contribution is 2.24. The summed E-state index contributed by atoms with van der Waals surface area (Å²) in [7, 11) is 0. The van der Waals surface area contributed by atoms with Crippen LogP contribution in [0.2, 0.25) is 5.02 Å². The van der Waals surface area contributed by atoms with E-state index in [0.717, 1.165) is 27.3 Å². The average Bonchev–Trinajstić information content (AvgIpc) is 2.75. The van der Waals surface area contributed by atoms with Crippen LogP contribution in [0, 0.1) is 0 Å². The van der Waals surface area contributed by atoms with E-state index < -0.39 is 0 Å². The SMILES string of the molecule is C=CCn1c(SCC)nnc1-c1ccc(Cl)cc1. The van der Waals surface area contributed by atoms with Crippen LogP contribution in [0.4, 0.5) is 0 Å². The van der Waals surface area contributed by atoms with Gasteiger partial charge in [-0.15, -0.1) is 16.8 Å². The second-order valence-electron chi connectivity index (χ2n) is 3.65. The van der Waals surface area contributed by atoms with Crippen molar-refractivity contribution in [1.29, 1.82) is 0 Å². The van der Waals surface area contributed by atoms with Gasteiger partial charge < -0.3 is 0 Å². The van der Waals surface area contributed by atoms with Crippen molar-refractivity contribution in [2.75, 3.05) is 5.75 Å². The van der Waals surface area contributed by atoms with E-state index in [4.69, 9.17) is 11.6 Å². The van der Waals surface area contributed by atoms with Gasteiger partial charge in [0, 0.05) is 17.1 Å². The molecule has 1 aromatic carbocycles. The van der Waals surface area contributed by atoms with Crippen molar-refractivity contribution in [2.45, 2.75) is 18.6 Å². The van der Waals surface area contributed by atoms with Gasteiger partial charge in [-0.25, -0.2) is 0 Å². The molecule has 0 unspecified atom stereocenters. The van der Waals surface area contributed by atoms with Gasteiger partial charge >= 0.3 is 0 Å². The smallest absolute Gasteiger partial charge is 0.191 e. The standard InChI is InChI=1S/C13H14ClN3S/c1-3-9-17-12(15-16-13(17)18-4-2)10-5-7-11(14)8-6-10/h3,5-8H,1,4,9H2,2H3. The van der Waals surface area contributed by atoms with Crippen molar-refractivity contribution in [3.8, 4) is 11.4 Å². The van der Waals surface area contributed by atoms with Crippen LogP contribution in [-0.4, -0.2) is 20.5 Å². The minimum Gasteiger partial charge on any atom is -0.298 e. The molecule has 18 heavy (non-hydrogen) atoms. The predicted octanol–water partition coefficient (Wildman–Crippen LogP) is 3.90. The van der Waals surface area contributed by atoms with E-state index in [2.05, 4.69) is 28.3 Å². The molecule has 0 N–H and O–H groups in total. The number of nitrogens with zero attached hydrogens (tertiary/aromatic N) is 3. The molecule has 0 saturated carbocycles. The first-order chi connectivity index (χ1) is 8.76. The molecule has 2 rings (SSSR count). The van der Waals surface area contributed by atoms with Gasteiger partial charge in [0.2, 0.25) is 0 Å². The molecule has 0 aliphatic carbocycles. The fourth-order valence-corrected chi connectivity index (χ4v) is 2.43. The van der Waals surface area contributed by atoms with E-state index in [-0.39, 0.29) is 0 Å². The van der Waals surface area contributed by atoms with Gasteiger partial charge in [0.15, 0.2) is 11.0 Å². The lowest BCUT2D eigenvalue weighted by Crippen LogP contribution is -2.00. The Morgan fingerprint density at radius 3 is 2.67 bits per heavy atom. The Labute approximate surface area is 116 Å². The molecular weight excluding hydrogens is 266 g/mol. The highest BCUT2D eigenvalue weighted by Gasteiger charge is 2.12. The van der Waals surface area contributed by atoms with Crippen molar-refractivity contribution in [3.05, 3.63) is 41.9 Å². The van der Waals surface area contributed by atoms with Crippen molar-refractivity contribution in [1.82, 2.24) is 14.8 Å². The second kappa shape index (κ2) is 6.07. The molecule has 5 heteroatoms. The first kappa shape index (κ1) is 13.2. The van der Waals surface area contributed by atoms with Gasteiger partial charge in [-0.3, -0.25) is 4.57 Å². The fourth-order valence-electron chi connectivity index (χ4n) is 1.63. The van der Waals surface area contributed by atoms with Gasteiger partial charge in [0.25, 0.3) is 0 Å². The normalized spacial score (nSPS) is 10.6. The zero-order chi connectivity index (χ0) is 13.0. The summed E-state index contributed by atoms with van der Waals surface area (Å²) in [6.45, 7) is 6.58. The molecule has 2 aromatic rings. The molecule has 0 bridgehead atoms. The number of thioether (sulfide) groups is 1. The Morgan fingerprint density at radius 2 is 2.06 bits per heavy atom. The molecule has 0 radical (unpaired) electrons. The summed E-state index contributed by atoms with van der Waals surface area (Å²) in [5.74, 6) is 1.82. The molecular formula is C13H14ClN3S. The number of rotatable bonds is 5. The summed E-state index contributed by atoms with van der Waals surface area (Å²) >= 11 is 7.57. The third-order valence-corrected chi connectivity index (χ3v) is 3.51. The van der Waals surface area contributed by atoms with Gasteiger partial charge in [-0.05, 0) is 30.0 Å². The van der Waals surface area contributed by atoms with Gasteiger partial charge in [-0.1, -0.05) is 36.4 Å². The van der Waals surface area contributed by atoms with Crippen LogP contribution in [0.1, 0.15) is 6.92 Å². The van der Waals surface area contributed by atoms with E-state index >= 15 is 0 Å². The lowest BCUT2D eigenvalue weighted by atomic mass is 10.2. The third kappa shape index (κ3) is 2.76. The monoisotopic (exact) mass is 279 g/mol. The largest absolute Gasteiger partial charge is 0.298 e. The molecule has 0 amide bonds. The minimum atomic E-state index is 0.702. The van der Waals surface area contributed by atoms with Crippen LogP contribution in [0.15, 0.2) is 42.1 Å². The van der Waals surface area contributed by atoms with E-state index in [1.807, 2.05) is 30.3 Å². The Morgan fingerprint density at radius 1 is 1.33 bits per heavy atom. The van der Waals surface area contributed by atoms with Crippen LogP contribution in [-0.2, 0) is 6.54 Å². The molecule has 94 valence electrons. The van der Waals surface area contributed by atoms with Crippen LogP contribution in [0.25, 0.3) is 11.4 Å². The molecule has 0 fully saturated rings. The molecule has 0 saturated heterocycles. The molecule has 0 aliphatic heterocycles. The molecule has 1 aromatic heterocycles. The molecule has 0 aliphatic rings. The summed E-state index contributed by atoms with van der Waals surface area (Å²) in [6, 6.07) is 7.62. The second-order valence-corrected chi connectivity index (χ2v) is 5.31. The quantitative estimate of drug-likeness (QED) is 0.614. The number of aromatic nitrogens is 3. The first-order valence-electron chi connectivity index (χ1n) is 5.69. The first-order valence-corrected chi connectivity index (χ1v) is 7.05. The summed E-state index contributed by atoms with van der Waals surface area (Å²) in [6.07, 6.45) is 1.85. The number of allylic oxidation sites excluding steroid dienone is 1. The highest BCUT2D eigenvalue weighted by molar-refractivity contribution is 7.99. The Kier molecular flexibility index (Phi) is 4.44. The van der Waals surface area contributed by atoms with Gasteiger partial charge in [0.1, 0.15) is 0 Å². The van der Waals surface area contributed by atoms with Crippen molar-refractivity contribution in [3.63, 3.8) is 0 Å². The predicted molar refractivity (Wildman–Crippen MR) is 77.1 cm³/mol. The Bertz CT molecular complexity index is 534. The van der Waals surface area contributed by atoms with Gasteiger partial charge in [-0.2, -0.15) is 0 Å². The lowest BCUT2D eigenvalue weighted by molar-refractivity contribution is 0.731. The maximum atomic E-state index is 5.89. The fraction of sp³-hybridized carbons (Fsp3) is 0.231. The average molecular weight is 280 g/mol. The van der Waals surface area contributed by atoms with Crippen LogP contribution >= 0.6 is 23.4 Å². The van der Waals surface area contributed by atoms with E-state index in [1.54, 1.807) is 11.8 Å². The van der Waals surface area contributed by atoms with Crippen molar-refractivity contribution in [2.24, 2.45) is 0 Å². The topological polar surface area (TPSA) is 30.7 Å².